The van der Waals surface area contributed by atoms with E-state index in [4.69, 9.17) is 14.5 Å². The minimum Gasteiger partial charge on any atom is -0.509 e. The largest absolute Gasteiger partial charge is 0.509 e. The number of fused-ring (bicyclic) bond motifs is 7. The summed E-state index contributed by atoms with van der Waals surface area (Å²) in [4.78, 5) is 9.58. The third-order valence-corrected chi connectivity index (χ3v) is 14.5. The molecule has 0 atom stereocenters. The summed E-state index contributed by atoms with van der Waals surface area (Å²) in [5.41, 5.74) is 15.5. The van der Waals surface area contributed by atoms with Gasteiger partial charge in [0.05, 0.1) is 5.41 Å². The summed E-state index contributed by atoms with van der Waals surface area (Å²) >= 11 is 0. The molecule has 0 N–H and O–H groups in total. The van der Waals surface area contributed by atoms with E-state index in [9.17, 15) is 0 Å². The van der Waals surface area contributed by atoms with Crippen LogP contribution in [0.15, 0.2) is 212 Å². The van der Waals surface area contributed by atoms with Gasteiger partial charge in [-0.25, -0.2) is 4.98 Å². The first-order chi connectivity index (χ1) is 34.8. The molecule has 0 unspecified atom stereocenters. The molecule has 0 amide bonds. The van der Waals surface area contributed by atoms with E-state index in [1.165, 1.54) is 16.5 Å². The molecule has 3 aliphatic rings. The Kier molecular flexibility index (Phi) is 10.2. The number of hydrogen-bond donors (Lipinski definition) is 0. The predicted octanol–water partition coefficient (Wildman–Crippen LogP) is 16.4. The molecule has 2 aromatic heterocycles. The maximum Gasteiger partial charge on any atom is 0.135 e. The van der Waals surface area contributed by atoms with Gasteiger partial charge in [-0.1, -0.05) is 171 Å². The summed E-state index contributed by atoms with van der Waals surface area (Å²) < 4.78 is 16.1. The smallest absolute Gasteiger partial charge is 0.135 e. The van der Waals surface area contributed by atoms with Crippen molar-refractivity contribution in [1.82, 2.24) is 9.55 Å². The zero-order valence-electron chi connectivity index (χ0n) is 39.7. The van der Waals surface area contributed by atoms with Gasteiger partial charge in [-0.05, 0) is 75.5 Å². The van der Waals surface area contributed by atoms with Crippen LogP contribution >= 0.6 is 0 Å². The van der Waals surface area contributed by atoms with Gasteiger partial charge in [0, 0.05) is 83.6 Å². The topological polar surface area (TPSA) is 42.8 Å². The van der Waals surface area contributed by atoms with Crippen LogP contribution in [0.2, 0.25) is 0 Å². The quantitative estimate of drug-likeness (QED) is 0.149. The summed E-state index contributed by atoms with van der Waals surface area (Å²) in [5.74, 6) is 3.65. The first kappa shape index (κ1) is 43.8. The molecule has 14 rings (SSSR count). The van der Waals surface area contributed by atoms with Gasteiger partial charge in [0.15, 0.2) is 0 Å². The normalized spacial score (nSPS) is 13.8. The van der Waals surface area contributed by atoms with Crippen molar-refractivity contribution >= 4 is 44.6 Å². The summed E-state index contributed by atoms with van der Waals surface area (Å²) in [6.07, 6.45) is 1.93. The molecule has 1 spiro atoms. The van der Waals surface area contributed by atoms with Crippen molar-refractivity contribution in [2.75, 3.05) is 9.80 Å². The van der Waals surface area contributed by atoms with Gasteiger partial charge < -0.3 is 23.8 Å². The van der Waals surface area contributed by atoms with Crippen molar-refractivity contribution in [2.24, 2.45) is 0 Å². The maximum absolute atomic E-state index is 7.11. The van der Waals surface area contributed by atoms with E-state index in [-0.39, 0.29) is 26.5 Å². The average Bonchev–Trinajstić information content (AvgIpc) is 4.06. The summed E-state index contributed by atoms with van der Waals surface area (Å²) in [6.45, 7) is 8.91. The molecule has 0 saturated heterocycles. The summed E-state index contributed by atoms with van der Waals surface area (Å²) in [5, 5.41) is 2.31. The molecule has 4 heterocycles. The van der Waals surface area contributed by atoms with Crippen LogP contribution in [0, 0.1) is 18.8 Å². The number of rotatable bonds is 7. The molecule has 6 nitrogen and oxygen atoms in total. The Morgan fingerprint density at radius 1 is 0.542 bits per heavy atom. The fourth-order valence-corrected chi connectivity index (χ4v) is 11.4. The molecule has 2 aliphatic heterocycles. The summed E-state index contributed by atoms with van der Waals surface area (Å²) in [6, 6.07) is 80.2. The van der Waals surface area contributed by atoms with Gasteiger partial charge >= 0.3 is 0 Å². The monoisotopic (exact) mass is 1110 g/mol. The van der Waals surface area contributed by atoms with Crippen LogP contribution in [0.25, 0.3) is 49.9 Å². The van der Waals surface area contributed by atoms with E-state index < -0.39 is 5.41 Å². The molecule has 0 fully saturated rings. The van der Waals surface area contributed by atoms with Gasteiger partial charge in [0.2, 0.25) is 0 Å². The Hall–Kier alpha value is -8.18. The molecule has 1 aliphatic carbocycles. The molecular weight excluding hydrogens is 1060 g/mol. The zero-order valence-corrected chi connectivity index (χ0v) is 42.0. The Morgan fingerprint density at radius 3 is 1.82 bits per heavy atom. The summed E-state index contributed by atoms with van der Waals surface area (Å²) in [7, 11) is 0. The van der Waals surface area contributed by atoms with Crippen molar-refractivity contribution < 1.29 is 30.5 Å². The Bertz CT molecular complexity index is 3830. The van der Waals surface area contributed by atoms with Crippen LogP contribution in [-0.2, 0) is 31.9 Å². The average molecular weight is 1110 g/mol. The van der Waals surface area contributed by atoms with Gasteiger partial charge in [-0.15, -0.1) is 48.3 Å². The van der Waals surface area contributed by atoms with Crippen molar-refractivity contribution in [1.29, 1.82) is 0 Å². The molecular formula is C65H45N4O2Pt-3. The molecule has 11 aromatic rings. The number of nitrogens with zero attached hydrogens (tertiary/aromatic N) is 4. The van der Waals surface area contributed by atoms with Crippen LogP contribution in [0.5, 0.6) is 23.0 Å². The third kappa shape index (κ3) is 6.55. The van der Waals surface area contributed by atoms with E-state index in [0.717, 1.165) is 95.4 Å². The van der Waals surface area contributed by atoms with Crippen LogP contribution in [0.1, 0.15) is 48.6 Å². The number of benzene rings is 9. The number of anilines is 4. The fraction of sp³-hybridized carbons (Fsp3) is 0.0769. The standard InChI is InChI=1S/C65H45N4O2.Pt/c1-64(2,3)44-35-36-66-60(37-44)69-56-32-18-29-52-61(56)62-53(65(52)50-27-10-14-33-58(50)71-59-34-15-11-28-51(59)65)39-47(40-57(62)69)70-46-24-16-23-45(38-46)67-41-68(55-31-13-12-30-54(55)67)63-48(42-19-6-4-7-20-42)25-17-26-49(63)43-21-8-5-9-22-43;/h4-37,39,41H,1-3H3;/q-3;. The van der Waals surface area contributed by atoms with Gasteiger partial charge in [0.1, 0.15) is 17.3 Å². The number of hydrogen-bond acceptors (Lipinski definition) is 5. The SMILES string of the molecule is CC(C)(C)c1ccnc(-n2c3[c-]c(Oc4[c-]c(N5[CH-]N(c6c(-c7ccccc7)cccc6-c6ccccc6)c6ccccc65)ccc4)cc4c3c3c(cccc32)C42c3ccccc3Oc3ccccc32)c1.[Pt]. The molecule has 72 heavy (non-hydrogen) atoms. The number of aromatic nitrogens is 2. The second-order valence-corrected chi connectivity index (χ2v) is 19.6. The second kappa shape index (κ2) is 16.7. The predicted molar refractivity (Wildman–Crippen MR) is 286 cm³/mol. The van der Waals surface area contributed by atoms with Gasteiger partial charge in [0.25, 0.3) is 0 Å². The first-order valence-corrected chi connectivity index (χ1v) is 24.2. The Labute approximate surface area is 433 Å². The molecule has 0 saturated carbocycles. The number of ether oxygens (including phenoxy) is 2. The van der Waals surface area contributed by atoms with Crippen LogP contribution in [0.4, 0.5) is 22.7 Å². The van der Waals surface area contributed by atoms with E-state index in [0.29, 0.717) is 11.5 Å². The van der Waals surface area contributed by atoms with Crippen molar-refractivity contribution in [3.05, 3.63) is 259 Å². The van der Waals surface area contributed by atoms with Crippen LogP contribution in [0.3, 0.4) is 0 Å². The molecule has 9 aromatic carbocycles. The molecule has 350 valence electrons. The number of para-hydroxylation sites is 5. The van der Waals surface area contributed by atoms with Crippen molar-refractivity contribution in [3.8, 4) is 51.1 Å². The molecule has 0 radical (unpaired) electrons. The minimum atomic E-state index is -0.696. The van der Waals surface area contributed by atoms with Crippen molar-refractivity contribution in [3.63, 3.8) is 0 Å². The first-order valence-electron chi connectivity index (χ1n) is 24.2. The Morgan fingerprint density at radius 2 is 1.14 bits per heavy atom. The van der Waals surface area contributed by atoms with Gasteiger partial charge in [-0.3, -0.25) is 0 Å². The van der Waals surface area contributed by atoms with Crippen LogP contribution < -0.4 is 19.3 Å². The maximum atomic E-state index is 7.11. The minimum absolute atomic E-state index is 0. The second-order valence-electron chi connectivity index (χ2n) is 19.6. The van der Waals surface area contributed by atoms with Gasteiger partial charge in [-0.2, -0.15) is 6.07 Å². The van der Waals surface area contributed by atoms with E-state index in [1.807, 2.05) is 18.3 Å². The zero-order chi connectivity index (χ0) is 47.4. The van der Waals surface area contributed by atoms with E-state index in [2.05, 4.69) is 248 Å². The molecule has 7 heteroatoms. The number of pyridine rings is 1. The third-order valence-electron chi connectivity index (χ3n) is 14.5. The van der Waals surface area contributed by atoms with Crippen molar-refractivity contribution in [2.45, 2.75) is 31.6 Å². The Balaban J connectivity index is 0.00000504. The van der Waals surface area contributed by atoms with E-state index >= 15 is 0 Å². The fourth-order valence-electron chi connectivity index (χ4n) is 11.4. The molecule has 0 bridgehead atoms. The van der Waals surface area contributed by atoms with E-state index in [1.54, 1.807) is 0 Å². The van der Waals surface area contributed by atoms with Crippen LogP contribution in [-0.4, -0.2) is 9.55 Å².